The van der Waals surface area contributed by atoms with Crippen LogP contribution in [-0.4, -0.2) is 36.8 Å². The molecule has 0 spiro atoms. The summed E-state index contributed by atoms with van der Waals surface area (Å²) < 4.78 is 0. The van der Waals surface area contributed by atoms with E-state index in [0.29, 0.717) is 13.1 Å². The van der Waals surface area contributed by atoms with Crippen LogP contribution >= 0.6 is 0 Å². The van der Waals surface area contributed by atoms with E-state index >= 15 is 0 Å². The summed E-state index contributed by atoms with van der Waals surface area (Å²) in [5.74, 6) is 1.57. The van der Waals surface area contributed by atoms with Crippen LogP contribution in [0.2, 0.25) is 0 Å². The molecule has 2 aliphatic rings. The van der Waals surface area contributed by atoms with Crippen molar-refractivity contribution in [1.29, 1.82) is 0 Å². The molecule has 1 aliphatic carbocycles. The van der Waals surface area contributed by atoms with Crippen LogP contribution in [0.15, 0.2) is 17.1 Å². The molecule has 84 valence electrons. The molecule has 2 rings (SSSR count). The van der Waals surface area contributed by atoms with Crippen molar-refractivity contribution in [1.82, 2.24) is 10.6 Å². The molecule has 0 aromatic rings. The third kappa shape index (κ3) is 3.23. The maximum absolute atomic E-state index is 9.24. The quantitative estimate of drug-likeness (QED) is 0.572. The number of rotatable bonds is 2. The second-order valence-electron chi connectivity index (χ2n) is 4.26. The lowest BCUT2D eigenvalue weighted by molar-refractivity contribution is 0.180. The number of hydrogen-bond donors (Lipinski definition) is 3. The molecule has 0 bridgehead atoms. The van der Waals surface area contributed by atoms with E-state index in [1.54, 1.807) is 0 Å². The molecule has 4 heteroatoms. The lowest BCUT2D eigenvalue weighted by Gasteiger charge is -2.23. The predicted octanol–water partition coefficient (Wildman–Crippen LogP) is 0.252. The van der Waals surface area contributed by atoms with Crippen molar-refractivity contribution in [2.45, 2.75) is 25.4 Å². The van der Waals surface area contributed by atoms with Crippen LogP contribution in [0.5, 0.6) is 0 Å². The van der Waals surface area contributed by atoms with E-state index in [1.807, 2.05) is 0 Å². The Bertz CT molecular complexity index is 263. The Balaban J connectivity index is 1.71. The first-order valence-corrected chi connectivity index (χ1v) is 5.70. The molecule has 1 unspecified atom stereocenters. The molecule has 0 saturated carbocycles. The first-order valence-electron chi connectivity index (χ1n) is 5.70. The van der Waals surface area contributed by atoms with E-state index in [0.717, 1.165) is 18.4 Å². The summed E-state index contributed by atoms with van der Waals surface area (Å²) in [5.41, 5.74) is 0. The van der Waals surface area contributed by atoms with Crippen LogP contribution in [0.4, 0.5) is 0 Å². The van der Waals surface area contributed by atoms with E-state index in [2.05, 4.69) is 27.8 Å². The summed E-state index contributed by atoms with van der Waals surface area (Å²) >= 11 is 0. The molecule has 15 heavy (non-hydrogen) atoms. The van der Waals surface area contributed by atoms with Gasteiger partial charge in [-0.05, 0) is 25.2 Å². The van der Waals surface area contributed by atoms with Crippen molar-refractivity contribution in [3.63, 3.8) is 0 Å². The van der Waals surface area contributed by atoms with Crippen LogP contribution in [0, 0.1) is 5.92 Å². The molecule has 0 aromatic heterocycles. The second kappa shape index (κ2) is 5.16. The predicted molar refractivity (Wildman–Crippen MR) is 60.8 cm³/mol. The van der Waals surface area contributed by atoms with Crippen molar-refractivity contribution >= 4 is 5.96 Å². The Hall–Kier alpha value is -1.03. The van der Waals surface area contributed by atoms with Crippen LogP contribution in [0.3, 0.4) is 0 Å². The van der Waals surface area contributed by atoms with E-state index in [1.165, 1.54) is 19.3 Å². The maximum Gasteiger partial charge on any atom is 0.191 e. The molecule has 0 fully saturated rings. The summed E-state index contributed by atoms with van der Waals surface area (Å²) in [5, 5.41) is 15.6. The average Bonchev–Trinajstić information content (AvgIpc) is 2.30. The van der Waals surface area contributed by atoms with Crippen molar-refractivity contribution in [2.24, 2.45) is 10.9 Å². The first kappa shape index (κ1) is 10.5. The molecule has 1 aliphatic heterocycles. The van der Waals surface area contributed by atoms with Gasteiger partial charge >= 0.3 is 0 Å². The number of allylic oxidation sites excluding steroid dienone is 2. The van der Waals surface area contributed by atoms with Gasteiger partial charge in [0, 0.05) is 13.1 Å². The molecule has 1 heterocycles. The number of aliphatic imine (C=N–C) groups is 1. The second-order valence-corrected chi connectivity index (χ2v) is 4.26. The highest BCUT2D eigenvalue weighted by Crippen LogP contribution is 2.16. The Morgan fingerprint density at radius 3 is 3.13 bits per heavy atom. The van der Waals surface area contributed by atoms with Gasteiger partial charge in [0.1, 0.15) is 0 Å². The minimum atomic E-state index is -0.326. The third-order valence-electron chi connectivity index (χ3n) is 2.90. The summed E-state index contributed by atoms with van der Waals surface area (Å²) in [4.78, 5) is 4.22. The van der Waals surface area contributed by atoms with Gasteiger partial charge in [-0.1, -0.05) is 12.2 Å². The van der Waals surface area contributed by atoms with E-state index in [4.69, 9.17) is 0 Å². The zero-order valence-corrected chi connectivity index (χ0v) is 8.95. The van der Waals surface area contributed by atoms with Gasteiger partial charge in [-0.3, -0.25) is 4.99 Å². The molecule has 0 aromatic carbocycles. The molecular formula is C11H19N3O. The highest BCUT2D eigenvalue weighted by molar-refractivity contribution is 5.80. The zero-order valence-electron chi connectivity index (χ0n) is 8.95. The van der Waals surface area contributed by atoms with Crippen LogP contribution in [-0.2, 0) is 0 Å². The van der Waals surface area contributed by atoms with Gasteiger partial charge in [0.15, 0.2) is 5.96 Å². The smallest absolute Gasteiger partial charge is 0.191 e. The van der Waals surface area contributed by atoms with Crippen molar-refractivity contribution < 1.29 is 5.11 Å². The van der Waals surface area contributed by atoms with Crippen molar-refractivity contribution in [2.75, 3.05) is 19.6 Å². The maximum atomic E-state index is 9.24. The monoisotopic (exact) mass is 209 g/mol. The largest absolute Gasteiger partial charge is 0.389 e. The van der Waals surface area contributed by atoms with E-state index < -0.39 is 0 Å². The van der Waals surface area contributed by atoms with Gasteiger partial charge in [-0.15, -0.1) is 0 Å². The van der Waals surface area contributed by atoms with Gasteiger partial charge in [-0.25, -0.2) is 0 Å². The molecule has 3 N–H and O–H groups in total. The molecule has 0 saturated heterocycles. The normalized spacial score (nSPS) is 30.6. The fourth-order valence-corrected chi connectivity index (χ4v) is 1.93. The Labute approximate surface area is 90.5 Å². The summed E-state index contributed by atoms with van der Waals surface area (Å²) in [6, 6.07) is 0. The number of nitrogens with zero attached hydrogens (tertiary/aromatic N) is 1. The van der Waals surface area contributed by atoms with Gasteiger partial charge in [-0.2, -0.15) is 0 Å². The topological polar surface area (TPSA) is 56.7 Å². The Morgan fingerprint density at radius 2 is 2.47 bits per heavy atom. The minimum absolute atomic E-state index is 0.326. The standard InChI is InChI=1S/C11H19N3O/c15-10-7-13-11(14-8-10)12-6-9-4-2-1-3-5-9/h1-2,9-10,15H,3-8H2,(H2,12,13,14)/t9-/m1/s1. The zero-order chi connectivity index (χ0) is 10.5. The van der Waals surface area contributed by atoms with Gasteiger partial charge in [0.25, 0.3) is 0 Å². The SMILES string of the molecule is OC1CN=C(NC[C@@H]2CC=CCC2)NC1. The summed E-state index contributed by atoms with van der Waals surface area (Å²) in [7, 11) is 0. The Kier molecular flexibility index (Phi) is 3.61. The molecule has 4 nitrogen and oxygen atoms in total. The van der Waals surface area contributed by atoms with Crippen LogP contribution in [0.25, 0.3) is 0 Å². The molecule has 0 radical (unpaired) electrons. The number of nitrogens with one attached hydrogen (secondary N) is 2. The molecule has 2 atom stereocenters. The lowest BCUT2D eigenvalue weighted by atomic mass is 9.94. The first-order chi connectivity index (χ1) is 7.34. The summed E-state index contributed by atoms with van der Waals surface area (Å²) in [6.45, 7) is 2.10. The van der Waals surface area contributed by atoms with Crippen LogP contribution in [0.1, 0.15) is 19.3 Å². The summed E-state index contributed by atoms with van der Waals surface area (Å²) in [6.07, 6.45) is 7.82. The van der Waals surface area contributed by atoms with Gasteiger partial charge in [0.2, 0.25) is 0 Å². The fourth-order valence-electron chi connectivity index (χ4n) is 1.93. The third-order valence-corrected chi connectivity index (χ3v) is 2.90. The number of β-amino-alcohol motifs (C(OH)–C–C–N with tert-alkyl or cyclic N) is 1. The Morgan fingerprint density at radius 1 is 1.53 bits per heavy atom. The van der Waals surface area contributed by atoms with Crippen molar-refractivity contribution in [3.05, 3.63) is 12.2 Å². The average molecular weight is 209 g/mol. The fraction of sp³-hybridized carbons (Fsp3) is 0.727. The molecule has 0 amide bonds. The lowest BCUT2D eigenvalue weighted by Crippen LogP contribution is -2.47. The molecular weight excluding hydrogens is 190 g/mol. The van der Waals surface area contributed by atoms with E-state index in [9.17, 15) is 5.11 Å². The van der Waals surface area contributed by atoms with Gasteiger partial charge in [0.05, 0.1) is 12.6 Å². The van der Waals surface area contributed by atoms with Crippen molar-refractivity contribution in [3.8, 4) is 0 Å². The van der Waals surface area contributed by atoms with Gasteiger partial charge < -0.3 is 15.7 Å². The number of aliphatic hydroxyl groups is 1. The van der Waals surface area contributed by atoms with E-state index in [-0.39, 0.29) is 6.10 Å². The van der Waals surface area contributed by atoms with Crippen LogP contribution < -0.4 is 10.6 Å². The highest BCUT2D eigenvalue weighted by Gasteiger charge is 2.13. The minimum Gasteiger partial charge on any atom is -0.389 e. The number of hydrogen-bond acceptors (Lipinski definition) is 4. The number of aliphatic hydroxyl groups excluding tert-OH is 1. The number of guanidine groups is 1. The highest BCUT2D eigenvalue weighted by atomic mass is 16.3.